The van der Waals surface area contributed by atoms with Gasteiger partial charge in [0.2, 0.25) is 0 Å². The third-order valence-electron chi connectivity index (χ3n) is 4.93. The lowest BCUT2D eigenvalue weighted by molar-refractivity contribution is -0.125. The number of halogens is 3. The molecule has 2 aliphatic rings. The Morgan fingerprint density at radius 1 is 1.37 bits per heavy atom. The molecule has 5 nitrogen and oxygen atoms in total. The summed E-state index contributed by atoms with van der Waals surface area (Å²) in [6.45, 7) is 1.58. The maximum Gasteiger partial charge on any atom is 0.392 e. The van der Waals surface area contributed by atoms with Crippen molar-refractivity contribution in [2.24, 2.45) is 0 Å². The first-order chi connectivity index (χ1) is 14.1. The van der Waals surface area contributed by atoms with Gasteiger partial charge in [0.15, 0.2) is 5.78 Å². The van der Waals surface area contributed by atoms with Crippen LogP contribution in [-0.2, 0) is 4.79 Å². The van der Waals surface area contributed by atoms with Crippen molar-refractivity contribution in [2.75, 3.05) is 0 Å². The Bertz CT molecular complexity index is 1030. The molecule has 0 saturated carbocycles. The quantitative estimate of drug-likeness (QED) is 0.610. The van der Waals surface area contributed by atoms with E-state index in [9.17, 15) is 22.8 Å². The zero-order chi connectivity index (χ0) is 22.1. The number of hydrogen-bond donors (Lipinski definition) is 1. The Morgan fingerprint density at radius 2 is 2.10 bits per heavy atom. The Morgan fingerprint density at radius 3 is 2.73 bits per heavy atom. The van der Waals surface area contributed by atoms with E-state index in [0.717, 1.165) is 6.08 Å². The summed E-state index contributed by atoms with van der Waals surface area (Å²) in [5.41, 5.74) is 2.45. The van der Waals surface area contributed by atoms with E-state index in [4.69, 9.17) is 13.1 Å². The average molecular weight is 411 g/mol. The number of rotatable bonds is 4. The van der Waals surface area contributed by atoms with Crippen molar-refractivity contribution in [1.29, 1.82) is 5.26 Å². The lowest BCUT2D eigenvalue weighted by Gasteiger charge is -2.35. The number of alkyl halides is 3. The van der Waals surface area contributed by atoms with Crippen molar-refractivity contribution in [3.8, 4) is 6.07 Å². The van der Waals surface area contributed by atoms with Gasteiger partial charge in [-0.05, 0) is 31.1 Å². The number of ketones is 1. The first kappa shape index (κ1) is 21.4. The second-order valence-corrected chi connectivity index (χ2v) is 7.01. The maximum atomic E-state index is 12.8. The minimum atomic E-state index is -4.30. The molecule has 0 saturated heterocycles. The Hall–Kier alpha value is -3.28. The van der Waals surface area contributed by atoms with Gasteiger partial charge in [-0.25, -0.2) is 4.79 Å². The van der Waals surface area contributed by atoms with Gasteiger partial charge in [-0.1, -0.05) is 29.7 Å². The summed E-state index contributed by atoms with van der Waals surface area (Å²) in [5.74, 6) is -0.135. The molecule has 2 radical (unpaired) electrons. The molecule has 0 spiro atoms. The fourth-order valence-electron chi connectivity index (χ4n) is 3.60. The van der Waals surface area contributed by atoms with Crippen LogP contribution in [0.25, 0.3) is 0 Å². The smallest absolute Gasteiger partial charge is 0.326 e. The lowest BCUT2D eigenvalue weighted by Crippen LogP contribution is -2.47. The van der Waals surface area contributed by atoms with Gasteiger partial charge in [-0.3, -0.25) is 9.69 Å². The second-order valence-electron chi connectivity index (χ2n) is 7.01. The fourth-order valence-corrected chi connectivity index (χ4v) is 3.60. The molecule has 2 amide bonds. The lowest BCUT2D eigenvalue weighted by atomic mass is 9.82. The molecular weight excluding hydrogens is 394 g/mol. The SMILES string of the molecule is [B]c1cc(C#N)ccc1C1NC(=O)N(C(C)=CC=CCC(F)(F)F)C2=C1C(=O)CC2. The van der Waals surface area contributed by atoms with E-state index in [1.807, 2.05) is 6.07 Å². The number of amides is 2. The summed E-state index contributed by atoms with van der Waals surface area (Å²) in [4.78, 5) is 26.7. The molecule has 1 aliphatic heterocycles. The monoisotopic (exact) mass is 411 g/mol. The van der Waals surface area contributed by atoms with E-state index in [2.05, 4.69) is 5.32 Å². The summed E-state index contributed by atoms with van der Waals surface area (Å²) >= 11 is 0. The number of hydrogen-bond acceptors (Lipinski definition) is 3. The molecule has 1 aromatic carbocycles. The van der Waals surface area contributed by atoms with Gasteiger partial charge in [0, 0.05) is 23.4 Å². The number of urea groups is 1. The van der Waals surface area contributed by atoms with Crippen LogP contribution in [0.2, 0.25) is 0 Å². The van der Waals surface area contributed by atoms with E-state index >= 15 is 0 Å². The molecule has 152 valence electrons. The number of carbonyl (C=O) groups excluding carboxylic acids is 2. The summed E-state index contributed by atoms with van der Waals surface area (Å²) in [6, 6.07) is 5.36. The van der Waals surface area contributed by atoms with E-state index in [0.29, 0.717) is 34.5 Å². The third-order valence-corrected chi connectivity index (χ3v) is 4.93. The van der Waals surface area contributed by atoms with Crippen molar-refractivity contribution in [3.63, 3.8) is 0 Å². The van der Waals surface area contributed by atoms with Crippen molar-refractivity contribution in [3.05, 3.63) is 64.5 Å². The number of nitriles is 1. The molecule has 1 unspecified atom stereocenters. The minimum absolute atomic E-state index is 0.135. The molecule has 1 atom stereocenters. The molecule has 0 fully saturated rings. The number of allylic oxidation sites excluding steroid dienone is 5. The molecule has 9 heteroatoms. The first-order valence-electron chi connectivity index (χ1n) is 9.19. The van der Waals surface area contributed by atoms with Crippen molar-refractivity contribution >= 4 is 25.1 Å². The predicted molar refractivity (Wildman–Crippen MR) is 104 cm³/mol. The Labute approximate surface area is 172 Å². The highest BCUT2D eigenvalue weighted by Crippen LogP contribution is 2.39. The highest BCUT2D eigenvalue weighted by Gasteiger charge is 2.41. The third kappa shape index (κ3) is 4.33. The van der Waals surface area contributed by atoms with Crippen LogP contribution in [0.5, 0.6) is 0 Å². The number of nitrogens with zero attached hydrogens (tertiary/aromatic N) is 2. The van der Waals surface area contributed by atoms with Gasteiger partial charge in [0.25, 0.3) is 0 Å². The van der Waals surface area contributed by atoms with Gasteiger partial charge >= 0.3 is 12.2 Å². The van der Waals surface area contributed by atoms with Crippen LogP contribution in [0.1, 0.15) is 43.4 Å². The summed E-state index contributed by atoms with van der Waals surface area (Å²) < 4.78 is 36.8. The molecule has 30 heavy (non-hydrogen) atoms. The topological polar surface area (TPSA) is 73.2 Å². The van der Waals surface area contributed by atoms with Crippen LogP contribution < -0.4 is 10.8 Å². The Kier molecular flexibility index (Phi) is 5.88. The predicted octanol–water partition coefficient (Wildman–Crippen LogP) is 3.45. The standard InChI is InChI=1S/C21H17BF3N3O2/c1-12(4-2-3-9-21(23,24)25)28-16-7-8-17(29)18(16)19(27-20(28)30)14-6-5-13(11-26)10-15(14)22/h2-6,10,19H,7-9H2,1H3,(H,27,30). The van der Waals surface area contributed by atoms with Gasteiger partial charge in [0.05, 0.1) is 24.1 Å². The van der Waals surface area contributed by atoms with E-state index < -0.39 is 24.7 Å². The van der Waals surface area contributed by atoms with Crippen LogP contribution in [0.3, 0.4) is 0 Å². The van der Waals surface area contributed by atoms with Crippen molar-refractivity contribution in [1.82, 2.24) is 10.2 Å². The average Bonchev–Trinajstić information content (AvgIpc) is 3.05. The van der Waals surface area contributed by atoms with Gasteiger partial charge in [-0.2, -0.15) is 18.4 Å². The van der Waals surface area contributed by atoms with Gasteiger partial charge in [0.1, 0.15) is 7.85 Å². The van der Waals surface area contributed by atoms with Gasteiger partial charge < -0.3 is 5.32 Å². The van der Waals surface area contributed by atoms with Crippen LogP contribution in [0.15, 0.2) is 53.4 Å². The summed E-state index contributed by atoms with van der Waals surface area (Å²) in [5, 5.41) is 11.8. The van der Waals surface area contributed by atoms with E-state index in [1.54, 1.807) is 19.1 Å². The van der Waals surface area contributed by atoms with Crippen LogP contribution in [-0.4, -0.2) is 30.7 Å². The largest absolute Gasteiger partial charge is 0.392 e. The zero-order valence-electron chi connectivity index (χ0n) is 16.1. The summed E-state index contributed by atoms with van der Waals surface area (Å²) in [7, 11) is 6.05. The minimum Gasteiger partial charge on any atom is -0.326 e. The molecule has 1 aliphatic carbocycles. The van der Waals surface area contributed by atoms with Crippen LogP contribution in [0, 0.1) is 11.3 Å². The Balaban J connectivity index is 1.96. The highest BCUT2D eigenvalue weighted by atomic mass is 19.4. The number of benzene rings is 1. The highest BCUT2D eigenvalue weighted by molar-refractivity contribution is 6.33. The number of Topliss-reactive ketones (excluding diaryl/α,β-unsaturated/α-hetero) is 1. The van der Waals surface area contributed by atoms with E-state index in [-0.39, 0.29) is 17.7 Å². The van der Waals surface area contributed by atoms with Crippen LogP contribution >= 0.6 is 0 Å². The molecular formula is C21H17BF3N3O2. The fraction of sp³-hybridized carbons (Fsp3) is 0.286. The zero-order valence-corrected chi connectivity index (χ0v) is 16.1. The van der Waals surface area contributed by atoms with Crippen molar-refractivity contribution in [2.45, 2.75) is 38.4 Å². The summed E-state index contributed by atoms with van der Waals surface area (Å²) in [6.07, 6.45) is -1.22. The molecule has 3 rings (SSSR count). The first-order valence-corrected chi connectivity index (χ1v) is 9.19. The van der Waals surface area contributed by atoms with Gasteiger partial charge in [-0.15, -0.1) is 0 Å². The maximum absolute atomic E-state index is 12.8. The number of nitrogens with one attached hydrogen (secondary N) is 1. The van der Waals surface area contributed by atoms with Crippen LogP contribution in [0.4, 0.5) is 18.0 Å². The molecule has 1 aromatic rings. The van der Waals surface area contributed by atoms with E-state index in [1.165, 1.54) is 23.1 Å². The molecule has 0 aromatic heterocycles. The molecule has 1 N–H and O–H groups in total. The van der Waals surface area contributed by atoms with Crippen molar-refractivity contribution < 1.29 is 22.8 Å². The normalized spacial score (nSPS) is 19.9. The number of carbonyl (C=O) groups is 2. The molecule has 1 heterocycles. The second kappa shape index (κ2) is 8.23. The molecule has 0 bridgehead atoms.